The average Bonchev–Trinajstić information content (AvgIpc) is 3.22. The third-order valence-electron chi connectivity index (χ3n) is 6.36. The Morgan fingerprint density at radius 1 is 1.15 bits per heavy atom. The van der Waals surface area contributed by atoms with Gasteiger partial charge in [-0.3, -0.25) is 4.79 Å². The fraction of sp³-hybridized carbons (Fsp3) is 0.360. The second-order valence-electron chi connectivity index (χ2n) is 8.84. The Kier molecular flexibility index (Phi) is 6.86. The van der Waals surface area contributed by atoms with Crippen LogP contribution in [0, 0.1) is 25.6 Å². The van der Waals surface area contributed by atoms with Crippen molar-refractivity contribution in [3.05, 3.63) is 83.2 Å². The fourth-order valence-corrected chi connectivity index (χ4v) is 6.16. The first-order valence-corrected chi connectivity index (χ1v) is 12.7. The number of amides is 1. The predicted octanol–water partition coefficient (Wildman–Crippen LogP) is 3.48. The first kappa shape index (κ1) is 24.1. The number of piperidine rings is 1. The second-order valence-corrected chi connectivity index (χ2v) is 10.7. The number of nitrogens with zero attached hydrogens (tertiary/aromatic N) is 3. The number of benzene rings is 2. The molecule has 1 fully saturated rings. The zero-order valence-electron chi connectivity index (χ0n) is 19.5. The molecule has 1 aliphatic heterocycles. The van der Waals surface area contributed by atoms with Crippen LogP contribution in [0.1, 0.15) is 41.4 Å². The summed E-state index contributed by atoms with van der Waals surface area (Å²) >= 11 is 0. The summed E-state index contributed by atoms with van der Waals surface area (Å²) < 4.78 is 43.5. The minimum absolute atomic E-state index is 0.194. The summed E-state index contributed by atoms with van der Waals surface area (Å²) in [5.74, 6) is -0.340. The van der Waals surface area contributed by atoms with Crippen LogP contribution in [-0.2, 0) is 21.9 Å². The van der Waals surface area contributed by atoms with Crippen LogP contribution in [0.25, 0.3) is 0 Å². The Hall–Kier alpha value is -3.04. The number of sulfonamides is 1. The lowest BCUT2D eigenvalue weighted by Crippen LogP contribution is -2.44. The standard InChI is InChI=1S/C25H29FN4O3S/c1-17-7-8-22(18(2)15-17)34(32,33)30-12-9-19(10-13-30)25(31)28-23(24-27-11-14-29(24)3)20-5-4-6-21(26)16-20/h4-8,11,14-16,19,23H,9-10,12-13H2,1-3H3,(H,28,31)/t23-/m0/s1. The highest BCUT2D eigenvalue weighted by molar-refractivity contribution is 7.89. The van der Waals surface area contributed by atoms with Gasteiger partial charge < -0.3 is 9.88 Å². The Morgan fingerprint density at radius 3 is 2.50 bits per heavy atom. The smallest absolute Gasteiger partial charge is 0.243 e. The maximum Gasteiger partial charge on any atom is 0.243 e. The van der Waals surface area contributed by atoms with E-state index in [1.165, 1.54) is 16.4 Å². The molecule has 0 saturated carbocycles. The van der Waals surface area contributed by atoms with Gasteiger partial charge in [-0.1, -0.05) is 29.8 Å². The van der Waals surface area contributed by atoms with E-state index in [9.17, 15) is 17.6 Å². The molecule has 0 unspecified atom stereocenters. The number of carbonyl (C=O) groups excluding carboxylic acids is 1. The molecule has 180 valence electrons. The van der Waals surface area contributed by atoms with Crippen LogP contribution in [0.3, 0.4) is 0 Å². The first-order chi connectivity index (χ1) is 16.2. The number of hydrogen-bond acceptors (Lipinski definition) is 4. The molecule has 0 bridgehead atoms. The quantitative estimate of drug-likeness (QED) is 0.581. The van der Waals surface area contributed by atoms with Crippen molar-refractivity contribution >= 4 is 15.9 Å². The van der Waals surface area contributed by atoms with Gasteiger partial charge >= 0.3 is 0 Å². The normalized spacial score (nSPS) is 16.4. The molecule has 7 nitrogen and oxygen atoms in total. The number of aryl methyl sites for hydroxylation is 3. The molecule has 34 heavy (non-hydrogen) atoms. The van der Waals surface area contributed by atoms with Gasteiger partial charge in [0.1, 0.15) is 17.7 Å². The van der Waals surface area contributed by atoms with E-state index in [1.807, 2.05) is 20.0 Å². The average molecular weight is 485 g/mol. The summed E-state index contributed by atoms with van der Waals surface area (Å²) in [5.41, 5.74) is 2.32. The van der Waals surface area contributed by atoms with Crippen LogP contribution in [0.4, 0.5) is 4.39 Å². The van der Waals surface area contributed by atoms with Gasteiger partial charge in [0.05, 0.1) is 4.90 Å². The SMILES string of the molecule is Cc1ccc(S(=O)(=O)N2CCC(C(=O)N[C@@H](c3cccc(F)c3)c3nccn3C)CC2)c(C)c1. The van der Waals surface area contributed by atoms with Crippen molar-refractivity contribution in [1.82, 2.24) is 19.2 Å². The lowest BCUT2D eigenvalue weighted by atomic mass is 9.96. The van der Waals surface area contributed by atoms with E-state index in [1.54, 1.807) is 48.1 Å². The summed E-state index contributed by atoms with van der Waals surface area (Å²) in [6.07, 6.45) is 4.22. The molecule has 1 saturated heterocycles. The van der Waals surface area contributed by atoms with Crippen molar-refractivity contribution in [2.24, 2.45) is 13.0 Å². The predicted molar refractivity (Wildman–Crippen MR) is 127 cm³/mol. The summed E-state index contributed by atoms with van der Waals surface area (Å²) in [4.78, 5) is 17.8. The summed E-state index contributed by atoms with van der Waals surface area (Å²) in [6.45, 7) is 4.25. The Labute approximate surface area is 199 Å². The molecule has 1 aliphatic rings. The Bertz CT molecular complexity index is 1300. The number of aromatic nitrogens is 2. The van der Waals surface area contributed by atoms with Crippen molar-refractivity contribution in [3.8, 4) is 0 Å². The molecule has 1 amide bonds. The van der Waals surface area contributed by atoms with Crippen molar-refractivity contribution in [2.45, 2.75) is 37.6 Å². The van der Waals surface area contributed by atoms with Gasteiger partial charge in [0.25, 0.3) is 0 Å². The van der Waals surface area contributed by atoms with Crippen LogP contribution in [0.15, 0.2) is 59.8 Å². The van der Waals surface area contributed by atoms with Crippen molar-refractivity contribution < 1.29 is 17.6 Å². The van der Waals surface area contributed by atoms with E-state index in [0.717, 1.165) is 5.56 Å². The molecule has 0 radical (unpaired) electrons. The van der Waals surface area contributed by atoms with E-state index in [4.69, 9.17) is 0 Å². The van der Waals surface area contributed by atoms with Crippen LogP contribution < -0.4 is 5.32 Å². The second kappa shape index (κ2) is 9.68. The van der Waals surface area contributed by atoms with Crippen LogP contribution in [-0.4, -0.2) is 41.3 Å². The highest BCUT2D eigenvalue weighted by atomic mass is 32.2. The Morgan fingerprint density at radius 2 is 1.88 bits per heavy atom. The van der Waals surface area contributed by atoms with Gasteiger partial charge in [0.2, 0.25) is 15.9 Å². The van der Waals surface area contributed by atoms with E-state index in [0.29, 0.717) is 34.7 Å². The third-order valence-corrected chi connectivity index (χ3v) is 8.42. The number of halogens is 1. The lowest BCUT2D eigenvalue weighted by molar-refractivity contribution is -0.126. The van der Waals surface area contributed by atoms with E-state index in [-0.39, 0.29) is 24.9 Å². The molecule has 2 aromatic carbocycles. The minimum atomic E-state index is -3.62. The molecule has 0 aliphatic carbocycles. The highest BCUT2D eigenvalue weighted by Gasteiger charge is 2.34. The number of rotatable bonds is 6. The maximum atomic E-state index is 13.9. The van der Waals surface area contributed by atoms with E-state index in [2.05, 4.69) is 10.3 Å². The molecular formula is C25H29FN4O3S. The zero-order valence-corrected chi connectivity index (χ0v) is 20.3. The topological polar surface area (TPSA) is 84.3 Å². The molecular weight excluding hydrogens is 455 g/mol. The van der Waals surface area contributed by atoms with Crippen molar-refractivity contribution in [1.29, 1.82) is 0 Å². The van der Waals surface area contributed by atoms with Crippen LogP contribution >= 0.6 is 0 Å². The third kappa shape index (κ3) is 4.90. The highest BCUT2D eigenvalue weighted by Crippen LogP contribution is 2.28. The van der Waals surface area contributed by atoms with Gasteiger partial charge in [-0.25, -0.2) is 17.8 Å². The monoisotopic (exact) mass is 484 g/mol. The lowest BCUT2D eigenvalue weighted by Gasteiger charge is -2.32. The largest absolute Gasteiger partial charge is 0.342 e. The van der Waals surface area contributed by atoms with Gasteiger partial charge in [0.15, 0.2) is 0 Å². The summed E-state index contributed by atoms with van der Waals surface area (Å²) in [7, 11) is -1.81. The molecule has 1 atom stereocenters. The first-order valence-electron chi connectivity index (χ1n) is 11.3. The van der Waals surface area contributed by atoms with E-state index >= 15 is 0 Å². The van der Waals surface area contributed by atoms with Gasteiger partial charge in [-0.15, -0.1) is 0 Å². The van der Waals surface area contributed by atoms with Gasteiger partial charge in [0, 0.05) is 38.4 Å². The molecule has 2 heterocycles. The molecule has 4 rings (SSSR count). The zero-order chi connectivity index (χ0) is 24.5. The maximum absolute atomic E-state index is 13.9. The molecule has 0 spiro atoms. The number of hydrogen-bond donors (Lipinski definition) is 1. The number of nitrogens with one attached hydrogen (secondary N) is 1. The van der Waals surface area contributed by atoms with E-state index < -0.39 is 21.9 Å². The van der Waals surface area contributed by atoms with Crippen LogP contribution in [0.5, 0.6) is 0 Å². The molecule has 9 heteroatoms. The summed E-state index contributed by atoms with van der Waals surface area (Å²) in [6, 6.07) is 10.8. The fourth-order valence-electron chi connectivity index (χ4n) is 4.48. The van der Waals surface area contributed by atoms with Gasteiger partial charge in [-0.2, -0.15) is 4.31 Å². The van der Waals surface area contributed by atoms with Crippen LogP contribution in [0.2, 0.25) is 0 Å². The number of imidazole rings is 1. The van der Waals surface area contributed by atoms with Gasteiger partial charge in [-0.05, 0) is 56.0 Å². The summed E-state index contributed by atoms with van der Waals surface area (Å²) in [5, 5.41) is 3.02. The van der Waals surface area contributed by atoms with Crippen molar-refractivity contribution in [3.63, 3.8) is 0 Å². The molecule has 1 aromatic heterocycles. The number of carbonyl (C=O) groups is 1. The molecule has 1 N–H and O–H groups in total. The van der Waals surface area contributed by atoms with Crippen molar-refractivity contribution in [2.75, 3.05) is 13.1 Å². The Balaban J connectivity index is 1.47. The molecule has 3 aromatic rings. The minimum Gasteiger partial charge on any atom is -0.342 e.